The second kappa shape index (κ2) is 9.01. The molecule has 0 unspecified atom stereocenters. The van der Waals surface area contributed by atoms with E-state index < -0.39 is 0 Å². The van der Waals surface area contributed by atoms with E-state index in [9.17, 15) is 0 Å². The predicted octanol–water partition coefficient (Wildman–Crippen LogP) is 4.15. The van der Waals surface area contributed by atoms with Crippen LogP contribution in [0.4, 0.5) is 0 Å². The van der Waals surface area contributed by atoms with Gasteiger partial charge in [-0.2, -0.15) is 0 Å². The van der Waals surface area contributed by atoms with Crippen molar-refractivity contribution in [1.82, 2.24) is 10.2 Å². The molecule has 2 heterocycles. The average Bonchev–Trinajstić information content (AvgIpc) is 3.23. The third kappa shape index (κ3) is 4.78. The van der Waals surface area contributed by atoms with E-state index in [0.29, 0.717) is 0 Å². The molecule has 0 aliphatic carbocycles. The minimum absolute atomic E-state index is 0.0631. The van der Waals surface area contributed by atoms with Crippen molar-refractivity contribution in [3.63, 3.8) is 0 Å². The quantitative estimate of drug-likeness (QED) is 0.739. The van der Waals surface area contributed by atoms with Gasteiger partial charge in [-0.05, 0) is 55.5 Å². The Morgan fingerprint density at radius 2 is 1.59 bits per heavy atom. The summed E-state index contributed by atoms with van der Waals surface area (Å²) in [5.74, 6) is 0. The summed E-state index contributed by atoms with van der Waals surface area (Å²) in [7, 11) is 0. The van der Waals surface area contributed by atoms with Crippen LogP contribution in [0.2, 0.25) is 0 Å². The molecule has 0 bridgehead atoms. The molecule has 2 aromatic rings. The Morgan fingerprint density at radius 1 is 0.889 bits per heavy atom. The highest BCUT2D eigenvalue weighted by atomic mass is 16.5. The van der Waals surface area contributed by atoms with Crippen LogP contribution in [-0.4, -0.2) is 49.8 Å². The molecule has 0 saturated carbocycles. The molecule has 2 fully saturated rings. The molecule has 2 aromatic carbocycles. The molecule has 143 valence electrons. The van der Waals surface area contributed by atoms with Crippen LogP contribution in [0.1, 0.15) is 31.2 Å². The van der Waals surface area contributed by atoms with Crippen LogP contribution in [-0.2, 0) is 11.2 Å². The highest BCUT2D eigenvalue weighted by molar-refractivity contribution is 5.67. The van der Waals surface area contributed by atoms with Crippen molar-refractivity contribution < 1.29 is 4.74 Å². The number of hydrogen-bond acceptors (Lipinski definition) is 2. The fourth-order valence-corrected chi connectivity index (χ4v) is 4.49. The molecule has 2 saturated heterocycles. The molecule has 0 aromatic heterocycles. The SMILES string of the molecule is c1ccc(-c2ccccc2CC2(OCCN3CCCC3)CC[N]CC2)cc1. The van der Waals surface area contributed by atoms with Crippen molar-refractivity contribution in [1.29, 1.82) is 0 Å². The zero-order valence-corrected chi connectivity index (χ0v) is 16.3. The molecule has 4 rings (SSSR count). The Labute approximate surface area is 163 Å². The Hall–Kier alpha value is -1.68. The zero-order chi connectivity index (χ0) is 18.4. The number of nitrogens with zero attached hydrogens (tertiary/aromatic N) is 2. The van der Waals surface area contributed by atoms with Gasteiger partial charge in [-0.15, -0.1) is 0 Å². The predicted molar refractivity (Wildman–Crippen MR) is 111 cm³/mol. The molecule has 0 amide bonds. The van der Waals surface area contributed by atoms with Crippen LogP contribution in [0.3, 0.4) is 0 Å². The second-order valence-electron chi connectivity index (χ2n) is 7.95. The monoisotopic (exact) mass is 363 g/mol. The second-order valence-corrected chi connectivity index (χ2v) is 7.95. The molecule has 0 spiro atoms. The van der Waals surface area contributed by atoms with E-state index in [0.717, 1.165) is 45.5 Å². The summed E-state index contributed by atoms with van der Waals surface area (Å²) in [6, 6.07) is 19.6. The summed E-state index contributed by atoms with van der Waals surface area (Å²) in [6.45, 7) is 6.24. The fourth-order valence-electron chi connectivity index (χ4n) is 4.49. The lowest BCUT2D eigenvalue weighted by molar-refractivity contribution is -0.0702. The van der Waals surface area contributed by atoms with Crippen LogP contribution < -0.4 is 5.32 Å². The molecule has 2 aliphatic heterocycles. The van der Waals surface area contributed by atoms with Crippen LogP contribution in [0.15, 0.2) is 54.6 Å². The topological polar surface area (TPSA) is 26.6 Å². The van der Waals surface area contributed by atoms with E-state index >= 15 is 0 Å². The molecule has 2 aliphatic rings. The number of ether oxygens (including phenoxy) is 1. The normalized spacial score (nSPS) is 20.0. The van der Waals surface area contributed by atoms with Gasteiger partial charge >= 0.3 is 0 Å². The maximum absolute atomic E-state index is 6.63. The van der Waals surface area contributed by atoms with Crippen molar-refractivity contribution in [3.8, 4) is 11.1 Å². The minimum Gasteiger partial charge on any atom is -0.373 e. The summed E-state index contributed by atoms with van der Waals surface area (Å²) >= 11 is 0. The first-order chi connectivity index (χ1) is 13.3. The number of hydrogen-bond donors (Lipinski definition) is 0. The van der Waals surface area contributed by atoms with Crippen molar-refractivity contribution in [3.05, 3.63) is 60.2 Å². The van der Waals surface area contributed by atoms with Gasteiger partial charge in [0.1, 0.15) is 0 Å². The number of rotatable bonds is 7. The summed E-state index contributed by atoms with van der Waals surface area (Å²) in [4.78, 5) is 2.54. The number of benzene rings is 2. The van der Waals surface area contributed by atoms with Gasteiger partial charge in [0.2, 0.25) is 0 Å². The first-order valence-corrected chi connectivity index (χ1v) is 10.5. The van der Waals surface area contributed by atoms with E-state index in [2.05, 4.69) is 64.8 Å². The van der Waals surface area contributed by atoms with Gasteiger partial charge in [-0.3, -0.25) is 0 Å². The van der Waals surface area contributed by atoms with Gasteiger partial charge in [0.25, 0.3) is 0 Å². The highest BCUT2D eigenvalue weighted by Crippen LogP contribution is 2.33. The van der Waals surface area contributed by atoms with Gasteiger partial charge in [0, 0.05) is 26.1 Å². The van der Waals surface area contributed by atoms with E-state index in [4.69, 9.17) is 4.74 Å². The summed E-state index contributed by atoms with van der Waals surface area (Å²) in [5, 5.41) is 4.59. The van der Waals surface area contributed by atoms with Gasteiger partial charge in [-0.25, -0.2) is 5.32 Å². The number of piperidine rings is 1. The first kappa shape index (κ1) is 18.7. The van der Waals surface area contributed by atoms with Crippen molar-refractivity contribution in [2.75, 3.05) is 39.3 Å². The van der Waals surface area contributed by atoms with E-state index in [1.807, 2.05) is 0 Å². The molecular weight excluding hydrogens is 332 g/mol. The van der Waals surface area contributed by atoms with Gasteiger partial charge < -0.3 is 9.64 Å². The Morgan fingerprint density at radius 3 is 2.37 bits per heavy atom. The standard InChI is InChI=1S/C24H31N2O/c1-2-8-21(9-3-1)23-11-5-4-10-22(23)20-24(12-14-25-15-13-24)27-19-18-26-16-6-7-17-26/h1-5,8-11H,6-7,12-20H2. The molecule has 0 N–H and O–H groups in total. The lowest BCUT2D eigenvalue weighted by Crippen LogP contribution is -2.45. The lowest BCUT2D eigenvalue weighted by Gasteiger charge is -2.38. The highest BCUT2D eigenvalue weighted by Gasteiger charge is 2.34. The molecule has 3 nitrogen and oxygen atoms in total. The molecule has 27 heavy (non-hydrogen) atoms. The largest absolute Gasteiger partial charge is 0.373 e. The lowest BCUT2D eigenvalue weighted by atomic mass is 9.83. The zero-order valence-electron chi connectivity index (χ0n) is 16.3. The minimum atomic E-state index is -0.0631. The Kier molecular flexibility index (Phi) is 6.23. The van der Waals surface area contributed by atoms with Crippen molar-refractivity contribution in [2.24, 2.45) is 0 Å². The molecular formula is C24H31N2O. The van der Waals surface area contributed by atoms with Crippen molar-refractivity contribution in [2.45, 2.75) is 37.7 Å². The van der Waals surface area contributed by atoms with Gasteiger partial charge in [0.05, 0.1) is 12.2 Å². The van der Waals surface area contributed by atoms with E-state index in [1.165, 1.54) is 42.6 Å². The third-order valence-corrected chi connectivity index (χ3v) is 6.08. The maximum atomic E-state index is 6.63. The third-order valence-electron chi connectivity index (χ3n) is 6.08. The Bertz CT molecular complexity index is 703. The van der Waals surface area contributed by atoms with E-state index in [-0.39, 0.29) is 5.60 Å². The smallest absolute Gasteiger partial charge is 0.0749 e. The van der Waals surface area contributed by atoms with Crippen LogP contribution in [0, 0.1) is 0 Å². The van der Waals surface area contributed by atoms with Crippen molar-refractivity contribution >= 4 is 0 Å². The van der Waals surface area contributed by atoms with Crippen LogP contribution in [0.25, 0.3) is 11.1 Å². The van der Waals surface area contributed by atoms with Crippen LogP contribution in [0.5, 0.6) is 0 Å². The maximum Gasteiger partial charge on any atom is 0.0749 e. The molecule has 3 heteroatoms. The Balaban J connectivity index is 1.50. The van der Waals surface area contributed by atoms with Gasteiger partial charge in [0.15, 0.2) is 0 Å². The fraction of sp³-hybridized carbons (Fsp3) is 0.500. The molecule has 1 radical (unpaired) electrons. The average molecular weight is 364 g/mol. The van der Waals surface area contributed by atoms with E-state index in [1.54, 1.807) is 0 Å². The summed E-state index contributed by atoms with van der Waals surface area (Å²) in [6.07, 6.45) is 5.74. The number of likely N-dealkylation sites (tertiary alicyclic amines) is 1. The van der Waals surface area contributed by atoms with Gasteiger partial charge in [-0.1, -0.05) is 54.6 Å². The molecule has 0 atom stereocenters. The summed E-state index contributed by atoms with van der Waals surface area (Å²) < 4.78 is 6.63. The first-order valence-electron chi connectivity index (χ1n) is 10.5. The van der Waals surface area contributed by atoms with Crippen LogP contribution >= 0.6 is 0 Å². The summed E-state index contributed by atoms with van der Waals surface area (Å²) in [5.41, 5.74) is 3.96.